The molecular weight excluding hydrogens is 1360 g/mol. The van der Waals surface area contributed by atoms with Gasteiger partial charge in [0.1, 0.15) is 16.0 Å². The number of hydrogen-bond acceptors (Lipinski definition) is 8. The predicted octanol–water partition coefficient (Wildman–Crippen LogP) is 17.2. The summed E-state index contributed by atoms with van der Waals surface area (Å²) in [6, 6.07) is 31.2. The summed E-state index contributed by atoms with van der Waals surface area (Å²) < 4.78 is 237. The Balaban J connectivity index is 0.000000272. The molecule has 0 aliphatic carbocycles. The van der Waals surface area contributed by atoms with Gasteiger partial charge in [0.15, 0.2) is 28.7 Å². The van der Waals surface area contributed by atoms with Crippen molar-refractivity contribution >= 4 is 39.7 Å². The molecule has 8 rings (SSSR count). The lowest BCUT2D eigenvalue weighted by molar-refractivity contribution is -0.156. The lowest BCUT2D eigenvalue weighted by atomic mass is 9.77. The second-order valence-electron chi connectivity index (χ2n) is 22.0. The summed E-state index contributed by atoms with van der Waals surface area (Å²) in [5.74, 6) is -9.75. The van der Waals surface area contributed by atoms with Crippen LogP contribution in [0, 0.1) is 23.3 Å². The van der Waals surface area contributed by atoms with Gasteiger partial charge in [0, 0.05) is 24.0 Å². The van der Waals surface area contributed by atoms with Crippen molar-refractivity contribution in [2.45, 2.75) is 86.2 Å². The third-order valence-corrected chi connectivity index (χ3v) is 14.5. The molecule has 2 atom stereocenters. The van der Waals surface area contributed by atoms with Gasteiger partial charge in [-0.05, 0) is 158 Å². The van der Waals surface area contributed by atoms with Gasteiger partial charge in [-0.1, -0.05) is 101 Å². The molecule has 0 fully saturated rings. The number of esters is 2. The number of aromatic hydroxyl groups is 1. The summed E-state index contributed by atoms with van der Waals surface area (Å²) in [7, 11) is 2.43. The molecule has 0 radical (unpaired) electrons. The van der Waals surface area contributed by atoms with Crippen molar-refractivity contribution in [3.8, 4) is 11.5 Å². The minimum Gasteiger partial charge on any atom is -0.505 e. The SMILES string of the molecule is COC(=O)C(C)(C)Br.COC(=O)C(C)(C)Oc1cc([C@@](Cc2ccccc2)(NC(=O)c2cccc(C(F)(F)F)c2)c2cc(F)cc(C(F)(F)F)c2)ccc1F.O=C(N[C@@](Cc1ccccc1)(c1cc(F)cc(C(F)(F)F)c1)c1ccc(F)c(O)c1)c1cccc(C(F)(F)F)c1. The molecule has 0 aliphatic rings. The van der Waals surface area contributed by atoms with E-state index in [9.17, 15) is 85.8 Å². The maximum atomic E-state index is 15.2. The molecule has 0 bridgehead atoms. The highest BCUT2D eigenvalue weighted by molar-refractivity contribution is 9.10. The number of rotatable bonds is 16. The number of carbonyl (C=O) groups excluding carboxylic acids is 4. The Hall–Kier alpha value is -9.40. The van der Waals surface area contributed by atoms with Gasteiger partial charge in [0.2, 0.25) is 0 Å². The monoisotopic (exact) mass is 1410 g/mol. The summed E-state index contributed by atoms with van der Waals surface area (Å²) in [6.07, 6.45) is -20.5. The number of phenolic OH excluding ortho intramolecular Hbond substituents is 1. The van der Waals surface area contributed by atoms with Crippen LogP contribution >= 0.6 is 15.9 Å². The molecule has 0 aromatic heterocycles. The van der Waals surface area contributed by atoms with E-state index in [4.69, 9.17) is 9.47 Å². The van der Waals surface area contributed by atoms with Gasteiger partial charge < -0.3 is 30.0 Å². The fourth-order valence-corrected chi connectivity index (χ4v) is 9.72. The molecule has 0 saturated carbocycles. The van der Waals surface area contributed by atoms with Crippen LogP contribution in [0.5, 0.6) is 11.5 Å². The molecule has 8 aromatic carbocycles. The summed E-state index contributed by atoms with van der Waals surface area (Å²) in [5.41, 5.74) is -12.7. The highest BCUT2D eigenvalue weighted by Crippen LogP contribution is 2.43. The third kappa shape index (κ3) is 19.2. The van der Waals surface area contributed by atoms with E-state index in [0.717, 1.165) is 92.0 Å². The average Bonchev–Trinajstić information content (AvgIpc) is 0.757. The van der Waals surface area contributed by atoms with Crippen LogP contribution in [0.4, 0.5) is 70.2 Å². The molecule has 27 heteroatoms. The molecule has 0 saturated heterocycles. The molecule has 0 spiro atoms. The molecule has 95 heavy (non-hydrogen) atoms. The normalized spacial score (nSPS) is 13.3. The Bertz CT molecular complexity index is 4040. The zero-order valence-corrected chi connectivity index (χ0v) is 52.1. The fraction of sp³-hybridized carbons (Fsp3) is 0.235. The second kappa shape index (κ2) is 29.5. The van der Waals surface area contributed by atoms with E-state index in [1.807, 2.05) is 0 Å². The van der Waals surface area contributed by atoms with Gasteiger partial charge in [-0.25, -0.2) is 22.4 Å². The lowest BCUT2D eigenvalue weighted by Gasteiger charge is -2.37. The van der Waals surface area contributed by atoms with Gasteiger partial charge in [-0.2, -0.15) is 52.7 Å². The number of alkyl halides is 13. The largest absolute Gasteiger partial charge is 0.505 e. The molecule has 3 N–H and O–H groups in total. The molecule has 0 heterocycles. The van der Waals surface area contributed by atoms with Crippen LogP contribution in [-0.2, 0) is 67.7 Å². The Morgan fingerprint density at radius 1 is 0.411 bits per heavy atom. The van der Waals surface area contributed by atoms with Gasteiger partial charge in [-0.3, -0.25) is 14.4 Å². The minimum atomic E-state index is -5.05. The number of amides is 2. The fourth-order valence-electron chi connectivity index (χ4n) is 9.56. The quantitative estimate of drug-likeness (QED) is 0.0494. The van der Waals surface area contributed by atoms with Crippen molar-refractivity contribution in [1.82, 2.24) is 10.6 Å². The first-order chi connectivity index (χ1) is 44.0. The van der Waals surface area contributed by atoms with Crippen LogP contribution in [-0.4, -0.2) is 53.0 Å². The van der Waals surface area contributed by atoms with E-state index in [1.54, 1.807) is 74.5 Å². The topological polar surface area (TPSA) is 140 Å². The van der Waals surface area contributed by atoms with Crippen molar-refractivity contribution in [3.05, 3.63) is 272 Å². The molecule has 2 amide bonds. The number of halogens is 17. The molecule has 10 nitrogen and oxygen atoms in total. The van der Waals surface area contributed by atoms with Crippen LogP contribution in [0.15, 0.2) is 182 Å². The first-order valence-electron chi connectivity index (χ1n) is 27.7. The van der Waals surface area contributed by atoms with Gasteiger partial charge >= 0.3 is 36.6 Å². The van der Waals surface area contributed by atoms with Crippen LogP contribution in [0.3, 0.4) is 0 Å². The number of carbonyl (C=O) groups is 4. The van der Waals surface area contributed by atoms with E-state index < -0.39 is 149 Å². The standard InChI is InChI=1S/C34H27F8NO4.C29H19F8NO2.C5H9BrO2/c1-31(2,30(45)46-3)47-28-18-22(12-13-27(28)36)32(19-20-8-5-4-6-9-20,24-15-25(34(40,41)42)17-26(35)16-24)43-29(44)21-10-7-11-23(14-21)33(37,38)39;30-23-13-21(12-22(14-23)29(35,36)37)27(16-17-5-2-1-3-6-17,19-9-10-24(31)25(39)15-19)38-26(40)18-7-4-8-20(11-18)28(32,33)34;1-5(2,6)4(7)8-3/h4-18H,19H2,1-3H3,(H,43,44);1-15,39H,16H2,(H,38,40);1-3H3/t32-;27-;/m11./s1. The number of nitrogens with one attached hydrogen (secondary N) is 2. The third-order valence-electron chi connectivity index (χ3n) is 14.2. The average molecular weight is 1410 g/mol. The van der Waals surface area contributed by atoms with Crippen LogP contribution in [0.2, 0.25) is 0 Å². The van der Waals surface area contributed by atoms with E-state index in [2.05, 4.69) is 31.3 Å². The minimum absolute atomic E-state index is 0.155. The zero-order chi connectivity index (χ0) is 70.9. The van der Waals surface area contributed by atoms with Crippen LogP contribution in [0.25, 0.3) is 0 Å². The van der Waals surface area contributed by atoms with Crippen molar-refractivity contribution in [2.24, 2.45) is 0 Å². The highest BCUT2D eigenvalue weighted by atomic mass is 79.9. The van der Waals surface area contributed by atoms with E-state index in [-0.39, 0.29) is 35.6 Å². The van der Waals surface area contributed by atoms with Crippen molar-refractivity contribution in [3.63, 3.8) is 0 Å². The molecule has 8 aromatic rings. The van der Waals surface area contributed by atoms with Crippen LogP contribution < -0.4 is 15.4 Å². The number of methoxy groups -OCH3 is 2. The molecule has 0 aliphatic heterocycles. The summed E-state index contributed by atoms with van der Waals surface area (Å²) in [5, 5.41) is 15.2. The van der Waals surface area contributed by atoms with Gasteiger partial charge in [-0.15, -0.1) is 0 Å². The smallest absolute Gasteiger partial charge is 0.416 e. The molecule has 0 unspecified atom stereocenters. The van der Waals surface area contributed by atoms with E-state index >= 15 is 8.78 Å². The Labute approximate surface area is 541 Å². The lowest BCUT2D eigenvalue weighted by Crippen LogP contribution is -2.49. The van der Waals surface area contributed by atoms with Gasteiger partial charge in [0.05, 0.1) is 47.6 Å². The summed E-state index contributed by atoms with van der Waals surface area (Å²) in [6.45, 7) is 6.00. The van der Waals surface area contributed by atoms with Crippen LogP contribution in [0.1, 0.15) is 104 Å². The Morgan fingerprint density at radius 3 is 1.13 bits per heavy atom. The highest BCUT2D eigenvalue weighted by Gasteiger charge is 2.44. The van der Waals surface area contributed by atoms with E-state index in [0.29, 0.717) is 35.4 Å². The maximum Gasteiger partial charge on any atom is 0.416 e. The van der Waals surface area contributed by atoms with Crippen molar-refractivity contribution in [1.29, 1.82) is 0 Å². The van der Waals surface area contributed by atoms with Crippen molar-refractivity contribution in [2.75, 3.05) is 14.2 Å². The number of hydrogen-bond donors (Lipinski definition) is 3. The summed E-state index contributed by atoms with van der Waals surface area (Å²) >= 11 is 3.13. The maximum absolute atomic E-state index is 15.2. The number of ether oxygens (including phenoxy) is 3. The first-order valence-corrected chi connectivity index (χ1v) is 28.5. The Kier molecular flexibility index (Phi) is 23.2. The number of phenols is 1. The first kappa shape index (κ1) is 74.6. The van der Waals surface area contributed by atoms with Gasteiger partial charge in [0.25, 0.3) is 11.8 Å². The molecule has 504 valence electrons. The second-order valence-corrected chi connectivity index (χ2v) is 24.0. The predicted molar refractivity (Wildman–Crippen MR) is 319 cm³/mol. The summed E-state index contributed by atoms with van der Waals surface area (Å²) in [4.78, 5) is 50.1. The zero-order valence-electron chi connectivity index (χ0n) is 50.5. The Morgan fingerprint density at radius 2 is 0.779 bits per heavy atom. The van der Waals surface area contributed by atoms with E-state index in [1.165, 1.54) is 21.0 Å². The molecular formula is C68H55BrF16N2O8. The van der Waals surface area contributed by atoms with Crippen molar-refractivity contribution < 1.29 is 109 Å². The number of benzene rings is 8.